The molecule has 12 N–H and O–H groups in total. The van der Waals surface area contributed by atoms with Gasteiger partial charge in [-0.1, -0.05) is 48.5 Å². The highest BCUT2D eigenvalue weighted by Gasteiger charge is 2.21. The van der Waals surface area contributed by atoms with E-state index >= 15 is 0 Å². The number of primary amides is 2. The summed E-state index contributed by atoms with van der Waals surface area (Å²) in [4.78, 5) is 36.1. The van der Waals surface area contributed by atoms with Gasteiger partial charge in [-0.2, -0.15) is 23.4 Å². The molecule has 7 rings (SSSR count). The molecule has 0 saturated carbocycles. The Labute approximate surface area is 351 Å². The molecule has 0 unspecified atom stereocenters. The SMILES string of the molecule is NC(=O)Nc1cc(Nc2nc(Cl)nc(Nc3ccc(N=Nc4ccc(S(=O)(=O)O)c5ccccc45)c(NC(N)=O)c3)n2)ccc1N=Nc1ccc(S(O)(O)O)c2ccccc12. The van der Waals surface area contributed by atoms with E-state index in [1.165, 1.54) is 54.6 Å². The van der Waals surface area contributed by atoms with Crippen molar-refractivity contribution in [3.8, 4) is 0 Å². The number of carbonyl (C=O) groups is 2. The smallest absolute Gasteiger partial charge is 0.316 e. The molecule has 0 spiro atoms. The van der Waals surface area contributed by atoms with Crippen molar-refractivity contribution in [1.29, 1.82) is 0 Å². The van der Waals surface area contributed by atoms with E-state index < -0.39 is 33.1 Å². The van der Waals surface area contributed by atoms with E-state index in [-0.39, 0.29) is 60.8 Å². The van der Waals surface area contributed by atoms with E-state index in [2.05, 4.69) is 56.7 Å². The van der Waals surface area contributed by atoms with E-state index in [1.54, 1.807) is 54.6 Å². The fraction of sp³-hybridized carbons (Fsp3) is 0. The van der Waals surface area contributed by atoms with Crippen LogP contribution in [-0.4, -0.2) is 53.6 Å². The van der Waals surface area contributed by atoms with Crippen LogP contribution in [0.5, 0.6) is 0 Å². The topological polar surface area (TPSA) is 337 Å². The highest BCUT2D eigenvalue weighted by atomic mass is 35.5. The zero-order chi connectivity index (χ0) is 43.5. The third kappa shape index (κ3) is 9.91. The van der Waals surface area contributed by atoms with Crippen molar-refractivity contribution in [3.63, 3.8) is 0 Å². The second-order valence-electron chi connectivity index (χ2n) is 12.6. The zero-order valence-corrected chi connectivity index (χ0v) is 33.2. The predicted octanol–water partition coefficient (Wildman–Crippen LogP) is 9.96. The van der Waals surface area contributed by atoms with Gasteiger partial charge in [0, 0.05) is 32.9 Å². The molecule has 0 aliphatic heterocycles. The summed E-state index contributed by atoms with van der Waals surface area (Å²) in [6.45, 7) is 0. The summed E-state index contributed by atoms with van der Waals surface area (Å²) in [6, 6.07) is 25.7. The van der Waals surface area contributed by atoms with Crippen LogP contribution in [-0.2, 0) is 10.1 Å². The fourth-order valence-electron chi connectivity index (χ4n) is 5.95. The number of nitrogens with one attached hydrogen (secondary N) is 4. The molecular weight excluding hydrogens is 854 g/mol. The number of hydrogen-bond donors (Lipinski definition) is 10. The Bertz CT molecular complexity index is 3060. The average Bonchev–Trinajstić information content (AvgIpc) is 3.18. The summed E-state index contributed by atoms with van der Waals surface area (Å²) in [6.07, 6.45) is 0. The molecule has 0 aliphatic rings. The number of azo groups is 2. The first kappa shape index (κ1) is 41.8. The maximum atomic E-state index is 12.0. The van der Waals surface area contributed by atoms with E-state index in [0.29, 0.717) is 33.2 Å². The van der Waals surface area contributed by atoms with Crippen LogP contribution >= 0.6 is 22.5 Å². The highest BCUT2D eigenvalue weighted by Crippen LogP contribution is 2.49. The molecule has 0 radical (unpaired) electrons. The Balaban J connectivity index is 1.13. The van der Waals surface area contributed by atoms with Gasteiger partial charge in [-0.05, 0) is 72.3 Å². The van der Waals surface area contributed by atoms with Crippen molar-refractivity contribution >= 4 is 124 Å². The van der Waals surface area contributed by atoms with Gasteiger partial charge in [0.15, 0.2) is 0 Å². The molecule has 1 heterocycles. The molecule has 0 aliphatic carbocycles. The maximum absolute atomic E-state index is 12.0. The first-order chi connectivity index (χ1) is 29.0. The number of rotatable bonds is 12. The van der Waals surface area contributed by atoms with Crippen LogP contribution in [0.2, 0.25) is 5.28 Å². The van der Waals surface area contributed by atoms with Crippen LogP contribution in [0, 0.1) is 0 Å². The van der Waals surface area contributed by atoms with Gasteiger partial charge < -0.3 is 46.4 Å². The van der Waals surface area contributed by atoms with Gasteiger partial charge in [0.2, 0.25) is 17.2 Å². The summed E-state index contributed by atoms with van der Waals surface area (Å²) >= 11 is 6.25. The molecule has 6 aromatic carbocycles. The van der Waals surface area contributed by atoms with Gasteiger partial charge in [0.05, 0.1) is 27.6 Å². The standard InChI is InChI=1S/C37H30ClN13O8S2/c38-33-45-36(41-19-9-11-27(29(17-19)43-34(39)52)50-48-25-13-15-31(60(54,55)56)23-7-3-1-5-21(23)25)47-37(46-33)42-20-10-12-28(30(18-20)44-35(40)53)51-49-26-14-16-32(61(57,58)59)24-8-4-2-6-22(24)26/h1-18,54-56H,(H3,39,43,52)(H3,40,44,53)(H,57,58,59)(H2,41,42,45,46,47). The number of urea groups is 2. The second kappa shape index (κ2) is 17.1. The van der Waals surface area contributed by atoms with Gasteiger partial charge in [-0.15, -0.1) is 20.5 Å². The number of aromatic nitrogens is 3. The molecule has 24 heteroatoms. The number of benzene rings is 6. The summed E-state index contributed by atoms with van der Waals surface area (Å²) in [5, 5.41) is 29.2. The van der Waals surface area contributed by atoms with E-state index in [4.69, 9.17) is 23.1 Å². The van der Waals surface area contributed by atoms with Crippen molar-refractivity contribution < 1.29 is 36.2 Å². The van der Waals surface area contributed by atoms with Crippen LogP contribution in [0.1, 0.15) is 0 Å². The fourth-order valence-corrected chi connectivity index (χ4v) is 7.53. The lowest BCUT2D eigenvalue weighted by Gasteiger charge is -2.21. The largest absolute Gasteiger partial charge is 0.351 e. The Morgan fingerprint density at radius 1 is 0.541 bits per heavy atom. The summed E-state index contributed by atoms with van der Waals surface area (Å²) in [5.74, 6) is -0.0645. The van der Waals surface area contributed by atoms with Gasteiger partial charge >= 0.3 is 12.1 Å². The monoisotopic (exact) mass is 883 g/mol. The third-order valence-electron chi connectivity index (χ3n) is 8.46. The number of nitrogens with two attached hydrogens (primary N) is 2. The number of anilines is 6. The number of nitrogens with zero attached hydrogens (tertiary/aromatic N) is 7. The first-order valence-electron chi connectivity index (χ1n) is 17.2. The predicted molar refractivity (Wildman–Crippen MR) is 231 cm³/mol. The molecule has 21 nitrogen and oxygen atoms in total. The van der Waals surface area contributed by atoms with E-state index in [1.807, 2.05) is 0 Å². The summed E-state index contributed by atoms with van der Waals surface area (Å²) in [5.41, 5.74) is 12.8. The normalized spacial score (nSPS) is 12.2. The molecule has 4 amide bonds. The van der Waals surface area contributed by atoms with E-state index in [0.717, 1.165) is 0 Å². The van der Waals surface area contributed by atoms with Crippen molar-refractivity contribution in [2.45, 2.75) is 9.79 Å². The molecule has 0 atom stereocenters. The summed E-state index contributed by atoms with van der Waals surface area (Å²) in [7, 11) is -8.54. The van der Waals surface area contributed by atoms with Gasteiger partial charge in [-0.25, -0.2) is 9.59 Å². The minimum Gasteiger partial charge on any atom is -0.351 e. The van der Waals surface area contributed by atoms with Crippen LogP contribution in [0.25, 0.3) is 21.5 Å². The number of halogens is 1. The molecular formula is C37H30ClN13O8S2. The number of carbonyl (C=O) groups excluding carboxylic acids is 2. The van der Waals surface area contributed by atoms with Crippen molar-refractivity contribution in [3.05, 3.63) is 114 Å². The molecule has 0 fully saturated rings. The van der Waals surface area contributed by atoms with Gasteiger partial charge in [0.1, 0.15) is 27.1 Å². The zero-order valence-electron chi connectivity index (χ0n) is 30.8. The van der Waals surface area contributed by atoms with Crippen LogP contribution < -0.4 is 32.7 Å². The van der Waals surface area contributed by atoms with E-state index in [9.17, 15) is 36.2 Å². The minimum atomic E-state index is -4.52. The Morgan fingerprint density at radius 3 is 1.36 bits per heavy atom. The van der Waals surface area contributed by atoms with Gasteiger partial charge in [-0.3, -0.25) is 4.55 Å². The Kier molecular flexibility index (Phi) is 11.7. The maximum Gasteiger partial charge on any atom is 0.316 e. The molecule has 0 saturated heterocycles. The summed E-state index contributed by atoms with van der Waals surface area (Å²) < 4.78 is 63.2. The molecule has 61 heavy (non-hydrogen) atoms. The average molecular weight is 884 g/mol. The molecule has 310 valence electrons. The Morgan fingerprint density at radius 2 is 0.934 bits per heavy atom. The third-order valence-corrected chi connectivity index (χ3v) is 10.5. The van der Waals surface area contributed by atoms with Gasteiger partial charge in [0.25, 0.3) is 10.1 Å². The van der Waals surface area contributed by atoms with Crippen molar-refractivity contribution in [2.24, 2.45) is 31.9 Å². The number of hydrogen-bond acceptors (Lipinski definition) is 16. The van der Waals surface area contributed by atoms with Crippen LogP contribution in [0.4, 0.5) is 67.0 Å². The van der Waals surface area contributed by atoms with Crippen LogP contribution in [0.15, 0.2) is 139 Å². The quantitative estimate of drug-likeness (QED) is 0.0404. The molecule has 0 bridgehead atoms. The molecule has 1 aromatic heterocycles. The minimum absolute atomic E-state index is 0.0311. The first-order valence-corrected chi connectivity index (χ1v) is 20.6. The lowest BCUT2D eigenvalue weighted by atomic mass is 10.1. The highest BCUT2D eigenvalue weighted by molar-refractivity contribution is 8.19. The lowest BCUT2D eigenvalue weighted by Crippen LogP contribution is -2.19. The lowest BCUT2D eigenvalue weighted by molar-refractivity contribution is 0.258. The van der Waals surface area contributed by atoms with Crippen molar-refractivity contribution in [2.75, 3.05) is 21.3 Å². The Hall–Kier alpha value is -7.38. The number of fused-ring (bicyclic) bond motifs is 2. The second-order valence-corrected chi connectivity index (χ2v) is 15.8. The van der Waals surface area contributed by atoms with Crippen LogP contribution in [0.3, 0.4) is 0 Å². The molecule has 7 aromatic rings. The van der Waals surface area contributed by atoms with Crippen molar-refractivity contribution in [1.82, 2.24) is 15.0 Å². The number of amides is 4.